The fourth-order valence-electron chi connectivity index (χ4n) is 1.83. The number of nitrogens with one attached hydrogen (secondary N) is 2. The number of hydrogen-bond donors (Lipinski definition) is 3. The molecule has 100 valence electrons. The van der Waals surface area contributed by atoms with E-state index in [4.69, 9.17) is 9.84 Å². The molecule has 2 aromatic rings. The average molecular weight is 262 g/mol. The first-order valence-electron chi connectivity index (χ1n) is 5.76. The molecule has 0 aliphatic carbocycles. The van der Waals surface area contributed by atoms with Gasteiger partial charge in [-0.1, -0.05) is 6.07 Å². The number of aromatic nitrogens is 1. The first-order valence-corrected chi connectivity index (χ1v) is 5.76. The fourth-order valence-corrected chi connectivity index (χ4v) is 1.83. The highest BCUT2D eigenvalue weighted by molar-refractivity contribution is 5.97. The third kappa shape index (κ3) is 2.43. The number of aromatic amines is 1. The Morgan fingerprint density at radius 1 is 1.47 bits per heavy atom. The molecule has 0 saturated carbocycles. The predicted molar refractivity (Wildman–Crippen MR) is 70.5 cm³/mol. The molecule has 0 aliphatic heterocycles. The minimum atomic E-state index is -0.514. The number of pyridine rings is 1. The summed E-state index contributed by atoms with van der Waals surface area (Å²) < 4.78 is 5.14. The summed E-state index contributed by atoms with van der Waals surface area (Å²) in [6, 6.07) is 5.04. The van der Waals surface area contributed by atoms with Crippen molar-refractivity contribution in [2.75, 3.05) is 20.3 Å². The lowest BCUT2D eigenvalue weighted by Gasteiger charge is -2.07. The van der Waals surface area contributed by atoms with Crippen LogP contribution in [0.2, 0.25) is 0 Å². The lowest BCUT2D eigenvalue weighted by atomic mass is 10.1. The Morgan fingerprint density at radius 3 is 2.95 bits per heavy atom. The highest BCUT2D eigenvalue weighted by atomic mass is 16.5. The minimum Gasteiger partial charge on any atom is -0.495 e. The lowest BCUT2D eigenvalue weighted by molar-refractivity contribution is 0.0943. The van der Waals surface area contributed by atoms with Crippen LogP contribution in [-0.4, -0.2) is 36.3 Å². The van der Waals surface area contributed by atoms with Crippen molar-refractivity contribution in [3.63, 3.8) is 0 Å². The zero-order valence-corrected chi connectivity index (χ0v) is 10.4. The van der Waals surface area contributed by atoms with Gasteiger partial charge in [-0.2, -0.15) is 0 Å². The molecule has 6 heteroatoms. The van der Waals surface area contributed by atoms with Gasteiger partial charge in [0.05, 0.1) is 24.6 Å². The number of amides is 1. The quantitative estimate of drug-likeness (QED) is 0.737. The van der Waals surface area contributed by atoms with Crippen molar-refractivity contribution >= 4 is 16.8 Å². The third-order valence-electron chi connectivity index (χ3n) is 2.74. The van der Waals surface area contributed by atoms with Gasteiger partial charge in [-0.3, -0.25) is 9.59 Å². The lowest BCUT2D eigenvalue weighted by Crippen LogP contribution is -2.30. The van der Waals surface area contributed by atoms with Gasteiger partial charge in [0.25, 0.3) is 5.91 Å². The van der Waals surface area contributed by atoms with Crippen molar-refractivity contribution in [1.82, 2.24) is 10.3 Å². The standard InChI is InChI=1S/C13H14N2O4/c1-19-10-4-2-3-8-11(10)15-7-9(12(8)17)13(18)14-5-6-16/h2-4,7,16H,5-6H2,1H3,(H,14,18)(H,15,17). The van der Waals surface area contributed by atoms with Gasteiger partial charge in [-0.05, 0) is 12.1 Å². The van der Waals surface area contributed by atoms with Gasteiger partial charge >= 0.3 is 0 Å². The van der Waals surface area contributed by atoms with Gasteiger partial charge in [0.2, 0.25) is 5.43 Å². The van der Waals surface area contributed by atoms with Crippen LogP contribution in [0.1, 0.15) is 10.4 Å². The molecule has 1 heterocycles. The highest BCUT2D eigenvalue weighted by Gasteiger charge is 2.13. The van der Waals surface area contributed by atoms with Gasteiger partial charge in [0.15, 0.2) is 0 Å². The summed E-state index contributed by atoms with van der Waals surface area (Å²) in [5.74, 6) is 0.0249. The molecule has 6 nitrogen and oxygen atoms in total. The van der Waals surface area contributed by atoms with Crippen LogP contribution >= 0.6 is 0 Å². The minimum absolute atomic E-state index is 0.00852. The highest BCUT2D eigenvalue weighted by Crippen LogP contribution is 2.20. The zero-order chi connectivity index (χ0) is 13.8. The molecular weight excluding hydrogens is 248 g/mol. The molecular formula is C13H14N2O4. The Balaban J connectivity index is 2.53. The van der Waals surface area contributed by atoms with Crippen molar-refractivity contribution in [2.45, 2.75) is 0 Å². The molecule has 0 fully saturated rings. The van der Waals surface area contributed by atoms with Gasteiger partial charge in [-0.15, -0.1) is 0 Å². The number of fused-ring (bicyclic) bond motifs is 1. The van der Waals surface area contributed by atoms with Gasteiger partial charge in [0, 0.05) is 12.7 Å². The summed E-state index contributed by atoms with van der Waals surface area (Å²) in [6.45, 7) is -0.0700. The molecule has 0 bridgehead atoms. The molecule has 19 heavy (non-hydrogen) atoms. The van der Waals surface area contributed by atoms with Crippen LogP contribution in [0, 0.1) is 0 Å². The molecule has 0 saturated heterocycles. The van der Waals surface area contributed by atoms with Crippen LogP contribution < -0.4 is 15.5 Å². The molecule has 1 aromatic carbocycles. The summed E-state index contributed by atoms with van der Waals surface area (Å²) in [6.07, 6.45) is 1.35. The van der Waals surface area contributed by atoms with E-state index in [0.29, 0.717) is 16.7 Å². The predicted octanol–water partition coefficient (Wildman–Crippen LogP) is 0.259. The Kier molecular flexibility index (Phi) is 3.82. The van der Waals surface area contributed by atoms with Crippen molar-refractivity contribution < 1.29 is 14.6 Å². The van der Waals surface area contributed by atoms with Crippen LogP contribution in [0.4, 0.5) is 0 Å². The van der Waals surface area contributed by atoms with Crippen LogP contribution in [-0.2, 0) is 0 Å². The topological polar surface area (TPSA) is 91.4 Å². The summed E-state index contributed by atoms with van der Waals surface area (Å²) in [5.41, 5.74) is 0.186. The Morgan fingerprint density at radius 2 is 2.26 bits per heavy atom. The van der Waals surface area contributed by atoms with E-state index in [1.54, 1.807) is 18.2 Å². The number of hydrogen-bond acceptors (Lipinski definition) is 4. The number of aliphatic hydroxyl groups is 1. The molecule has 0 spiro atoms. The summed E-state index contributed by atoms with van der Waals surface area (Å²) in [7, 11) is 1.51. The number of carbonyl (C=O) groups is 1. The van der Waals surface area contributed by atoms with Crippen LogP contribution in [0.15, 0.2) is 29.2 Å². The Hall–Kier alpha value is -2.34. The van der Waals surface area contributed by atoms with E-state index < -0.39 is 5.91 Å². The molecule has 1 amide bonds. The van der Waals surface area contributed by atoms with Gasteiger partial charge < -0.3 is 20.1 Å². The normalized spacial score (nSPS) is 10.4. The number of benzene rings is 1. The van der Waals surface area contributed by atoms with E-state index in [2.05, 4.69) is 10.3 Å². The second-order valence-corrected chi connectivity index (χ2v) is 3.89. The van der Waals surface area contributed by atoms with Crippen LogP contribution in [0.5, 0.6) is 5.75 Å². The van der Waals surface area contributed by atoms with E-state index in [0.717, 1.165) is 0 Å². The molecule has 0 radical (unpaired) electrons. The molecule has 3 N–H and O–H groups in total. The molecule has 0 aliphatic rings. The van der Waals surface area contributed by atoms with E-state index in [1.807, 2.05) is 0 Å². The Labute approximate surface area is 109 Å². The van der Waals surface area contributed by atoms with E-state index in [-0.39, 0.29) is 24.1 Å². The number of para-hydroxylation sites is 1. The monoisotopic (exact) mass is 262 g/mol. The molecule has 1 aromatic heterocycles. The first kappa shape index (κ1) is 13.1. The maximum atomic E-state index is 12.2. The number of rotatable bonds is 4. The fraction of sp³-hybridized carbons (Fsp3) is 0.231. The maximum absolute atomic E-state index is 12.2. The molecule has 0 unspecified atom stereocenters. The summed E-state index contributed by atoms with van der Waals surface area (Å²) in [4.78, 5) is 26.8. The number of ether oxygens (including phenoxy) is 1. The largest absolute Gasteiger partial charge is 0.495 e. The maximum Gasteiger partial charge on any atom is 0.256 e. The number of aliphatic hydroxyl groups excluding tert-OH is 1. The SMILES string of the molecule is COc1cccc2c(=O)c(C(=O)NCCO)c[nH]c12. The van der Waals surface area contributed by atoms with Crippen LogP contribution in [0.3, 0.4) is 0 Å². The van der Waals surface area contributed by atoms with E-state index in [1.165, 1.54) is 13.3 Å². The zero-order valence-electron chi connectivity index (χ0n) is 10.4. The van der Waals surface area contributed by atoms with Crippen molar-refractivity contribution in [2.24, 2.45) is 0 Å². The average Bonchev–Trinajstić information content (AvgIpc) is 2.44. The third-order valence-corrected chi connectivity index (χ3v) is 2.74. The van der Waals surface area contributed by atoms with Crippen molar-refractivity contribution in [1.29, 1.82) is 0 Å². The number of carbonyl (C=O) groups excluding carboxylic acids is 1. The van der Waals surface area contributed by atoms with E-state index >= 15 is 0 Å². The summed E-state index contributed by atoms with van der Waals surface area (Å²) >= 11 is 0. The molecule has 2 rings (SSSR count). The summed E-state index contributed by atoms with van der Waals surface area (Å²) in [5, 5.41) is 11.5. The van der Waals surface area contributed by atoms with Crippen LogP contribution in [0.25, 0.3) is 10.9 Å². The van der Waals surface area contributed by atoms with Gasteiger partial charge in [-0.25, -0.2) is 0 Å². The van der Waals surface area contributed by atoms with Crippen molar-refractivity contribution in [3.05, 3.63) is 40.2 Å². The van der Waals surface area contributed by atoms with Gasteiger partial charge in [0.1, 0.15) is 11.3 Å². The van der Waals surface area contributed by atoms with Crippen molar-refractivity contribution in [3.8, 4) is 5.75 Å². The van der Waals surface area contributed by atoms with E-state index in [9.17, 15) is 9.59 Å². The number of H-pyrrole nitrogens is 1. The first-order chi connectivity index (χ1) is 9.19. The smallest absolute Gasteiger partial charge is 0.256 e. The molecule has 0 atom stereocenters. The second-order valence-electron chi connectivity index (χ2n) is 3.89. The second kappa shape index (κ2) is 5.53. The Bertz CT molecular complexity index is 663. The number of methoxy groups -OCH3 is 1.